The summed E-state index contributed by atoms with van der Waals surface area (Å²) in [5.74, 6) is 0.774. The fourth-order valence-corrected chi connectivity index (χ4v) is 2.41. The van der Waals surface area contributed by atoms with Gasteiger partial charge in [-0.15, -0.1) is 0 Å². The second-order valence-corrected chi connectivity index (χ2v) is 5.39. The van der Waals surface area contributed by atoms with Gasteiger partial charge in [0.15, 0.2) is 0 Å². The minimum atomic E-state index is 0.695. The molecule has 5 heteroatoms. The topological polar surface area (TPSA) is 63.8 Å². The summed E-state index contributed by atoms with van der Waals surface area (Å²) in [6.45, 7) is 2.05. The molecule has 100 valence electrons. The Kier molecular flexibility index (Phi) is 3.28. The first-order valence-corrected chi connectivity index (χ1v) is 6.97. The molecular weight excluding hydrogens is 316 g/mol. The molecule has 1 heterocycles. The van der Waals surface area contributed by atoms with Crippen LogP contribution in [0.3, 0.4) is 0 Å². The van der Waals surface area contributed by atoms with E-state index in [2.05, 4.69) is 31.2 Å². The second-order valence-electron chi connectivity index (χ2n) is 4.54. The number of hydrogen-bond acceptors (Lipinski definition) is 4. The van der Waals surface area contributed by atoms with Gasteiger partial charge in [-0.3, -0.25) is 0 Å². The Labute approximate surface area is 125 Å². The molecule has 0 unspecified atom stereocenters. The zero-order valence-corrected chi connectivity index (χ0v) is 12.5. The maximum atomic E-state index is 5.78. The number of hydrogen-bond donors (Lipinski definition) is 2. The molecule has 0 fully saturated rings. The number of benzene rings is 2. The van der Waals surface area contributed by atoms with Gasteiger partial charge in [-0.05, 0) is 42.8 Å². The Bertz CT molecular complexity index is 786. The average Bonchev–Trinajstić information content (AvgIpc) is 2.44. The first-order chi connectivity index (χ1) is 9.65. The highest BCUT2D eigenvalue weighted by atomic mass is 79.9. The number of nitrogens with one attached hydrogen (secondary N) is 1. The van der Waals surface area contributed by atoms with Gasteiger partial charge in [0.1, 0.15) is 12.1 Å². The first-order valence-electron chi connectivity index (χ1n) is 6.17. The number of halogens is 1. The van der Waals surface area contributed by atoms with Crippen molar-refractivity contribution in [3.8, 4) is 0 Å². The van der Waals surface area contributed by atoms with E-state index in [4.69, 9.17) is 5.73 Å². The van der Waals surface area contributed by atoms with Crippen molar-refractivity contribution < 1.29 is 0 Å². The van der Waals surface area contributed by atoms with Crippen molar-refractivity contribution in [3.05, 3.63) is 52.8 Å². The highest BCUT2D eigenvalue weighted by Gasteiger charge is 2.07. The molecule has 0 radical (unpaired) electrons. The van der Waals surface area contributed by atoms with E-state index in [1.807, 2.05) is 43.3 Å². The van der Waals surface area contributed by atoms with Crippen molar-refractivity contribution in [3.63, 3.8) is 0 Å². The van der Waals surface area contributed by atoms with Gasteiger partial charge in [0.25, 0.3) is 0 Å². The van der Waals surface area contributed by atoms with Crippen molar-refractivity contribution in [1.29, 1.82) is 0 Å². The lowest BCUT2D eigenvalue weighted by atomic mass is 10.2. The van der Waals surface area contributed by atoms with Crippen LogP contribution in [-0.4, -0.2) is 9.97 Å². The number of aromatic nitrogens is 2. The monoisotopic (exact) mass is 328 g/mol. The summed E-state index contributed by atoms with van der Waals surface area (Å²) in [4.78, 5) is 8.57. The third kappa shape index (κ3) is 2.32. The molecule has 20 heavy (non-hydrogen) atoms. The van der Waals surface area contributed by atoms with Crippen LogP contribution in [0.1, 0.15) is 5.56 Å². The number of fused-ring (bicyclic) bond motifs is 1. The predicted molar refractivity (Wildman–Crippen MR) is 86.1 cm³/mol. The molecule has 3 rings (SSSR count). The Morgan fingerprint density at radius 3 is 2.85 bits per heavy atom. The Hall–Kier alpha value is -2.14. The Morgan fingerprint density at radius 1 is 1.15 bits per heavy atom. The van der Waals surface area contributed by atoms with E-state index in [0.29, 0.717) is 5.69 Å². The summed E-state index contributed by atoms with van der Waals surface area (Å²) >= 11 is 3.53. The van der Waals surface area contributed by atoms with Crippen LogP contribution in [0.4, 0.5) is 17.2 Å². The van der Waals surface area contributed by atoms with Gasteiger partial charge >= 0.3 is 0 Å². The lowest BCUT2D eigenvalue weighted by Crippen LogP contribution is -1.98. The summed E-state index contributed by atoms with van der Waals surface area (Å²) in [5, 5.41) is 4.30. The highest BCUT2D eigenvalue weighted by Crippen LogP contribution is 2.29. The normalized spacial score (nSPS) is 10.7. The molecule has 0 aliphatic carbocycles. The van der Waals surface area contributed by atoms with Crippen molar-refractivity contribution in [2.45, 2.75) is 6.92 Å². The van der Waals surface area contributed by atoms with Crippen LogP contribution in [-0.2, 0) is 0 Å². The van der Waals surface area contributed by atoms with E-state index in [1.54, 1.807) is 0 Å². The van der Waals surface area contributed by atoms with E-state index in [9.17, 15) is 0 Å². The van der Waals surface area contributed by atoms with E-state index in [0.717, 1.165) is 32.4 Å². The van der Waals surface area contributed by atoms with E-state index < -0.39 is 0 Å². The molecule has 0 spiro atoms. The zero-order chi connectivity index (χ0) is 14.1. The summed E-state index contributed by atoms with van der Waals surface area (Å²) in [5.41, 5.74) is 9.45. The number of nitrogens with zero attached hydrogens (tertiary/aromatic N) is 2. The molecule has 4 nitrogen and oxygen atoms in total. The fourth-order valence-electron chi connectivity index (χ4n) is 2.04. The molecule has 0 atom stereocenters. The van der Waals surface area contributed by atoms with Gasteiger partial charge in [0, 0.05) is 21.2 Å². The van der Waals surface area contributed by atoms with Crippen LogP contribution < -0.4 is 11.1 Å². The molecule has 3 N–H and O–H groups in total. The SMILES string of the molecule is Cc1c(Br)cccc1Nc1ncnc2cc(N)ccc12. The van der Waals surface area contributed by atoms with Gasteiger partial charge in [-0.25, -0.2) is 9.97 Å². The fraction of sp³-hybridized carbons (Fsp3) is 0.0667. The van der Waals surface area contributed by atoms with Crippen LogP contribution in [0.25, 0.3) is 10.9 Å². The number of rotatable bonds is 2. The van der Waals surface area contributed by atoms with Crippen LogP contribution in [0.2, 0.25) is 0 Å². The maximum absolute atomic E-state index is 5.78. The summed E-state index contributed by atoms with van der Waals surface area (Å²) in [6.07, 6.45) is 1.54. The molecule has 3 aromatic rings. The van der Waals surface area contributed by atoms with E-state index in [-0.39, 0.29) is 0 Å². The molecule has 0 saturated heterocycles. The second kappa shape index (κ2) is 5.09. The molecule has 1 aromatic heterocycles. The first kappa shape index (κ1) is 12.9. The molecule has 0 amide bonds. The van der Waals surface area contributed by atoms with Crippen LogP contribution in [0.5, 0.6) is 0 Å². The van der Waals surface area contributed by atoms with Gasteiger partial charge < -0.3 is 11.1 Å². The molecule has 2 aromatic carbocycles. The van der Waals surface area contributed by atoms with Crippen molar-refractivity contribution in [2.24, 2.45) is 0 Å². The third-order valence-corrected chi connectivity index (χ3v) is 4.04. The molecular formula is C15H13BrN4. The highest BCUT2D eigenvalue weighted by molar-refractivity contribution is 9.10. The summed E-state index contributed by atoms with van der Waals surface area (Å²) in [6, 6.07) is 11.6. The van der Waals surface area contributed by atoms with E-state index >= 15 is 0 Å². The third-order valence-electron chi connectivity index (χ3n) is 3.18. The van der Waals surface area contributed by atoms with Gasteiger partial charge in [0.05, 0.1) is 5.52 Å². The number of anilines is 3. The average molecular weight is 329 g/mol. The van der Waals surface area contributed by atoms with Crippen molar-refractivity contribution in [1.82, 2.24) is 9.97 Å². The van der Waals surface area contributed by atoms with Crippen LogP contribution in [0.15, 0.2) is 47.2 Å². The van der Waals surface area contributed by atoms with Gasteiger partial charge in [-0.1, -0.05) is 22.0 Å². The Morgan fingerprint density at radius 2 is 2.00 bits per heavy atom. The Balaban J connectivity index is 2.09. The van der Waals surface area contributed by atoms with Gasteiger partial charge in [0.2, 0.25) is 0 Å². The molecule has 0 bridgehead atoms. The number of nitrogen functional groups attached to an aromatic ring is 1. The van der Waals surface area contributed by atoms with Gasteiger partial charge in [-0.2, -0.15) is 0 Å². The maximum Gasteiger partial charge on any atom is 0.141 e. The lowest BCUT2D eigenvalue weighted by Gasteiger charge is -2.11. The number of nitrogens with two attached hydrogens (primary N) is 1. The van der Waals surface area contributed by atoms with Crippen molar-refractivity contribution in [2.75, 3.05) is 11.1 Å². The van der Waals surface area contributed by atoms with E-state index in [1.165, 1.54) is 6.33 Å². The lowest BCUT2D eigenvalue weighted by molar-refractivity contribution is 1.21. The molecule has 0 aliphatic rings. The van der Waals surface area contributed by atoms with Crippen molar-refractivity contribution >= 4 is 44.0 Å². The largest absolute Gasteiger partial charge is 0.399 e. The smallest absolute Gasteiger partial charge is 0.141 e. The standard InChI is InChI=1S/C15H13BrN4/c1-9-12(16)3-2-4-13(9)20-15-11-6-5-10(17)7-14(11)18-8-19-15/h2-8H,17H2,1H3,(H,18,19,20). The van der Waals surface area contributed by atoms with Crippen LogP contribution in [0, 0.1) is 6.92 Å². The zero-order valence-electron chi connectivity index (χ0n) is 10.9. The quantitative estimate of drug-likeness (QED) is 0.697. The van der Waals surface area contributed by atoms with Crippen LogP contribution >= 0.6 is 15.9 Å². The predicted octanol–water partition coefficient (Wildman–Crippen LogP) is 4.03. The molecule has 0 aliphatic heterocycles. The minimum absolute atomic E-state index is 0.695. The molecule has 0 saturated carbocycles. The summed E-state index contributed by atoms with van der Waals surface area (Å²) < 4.78 is 1.06. The summed E-state index contributed by atoms with van der Waals surface area (Å²) in [7, 11) is 0. The minimum Gasteiger partial charge on any atom is -0.399 e.